The molecular weight excluding hydrogens is 232 g/mol. The third-order valence-corrected chi connectivity index (χ3v) is 5.20. The van der Waals surface area contributed by atoms with Gasteiger partial charge in [-0.1, -0.05) is 13.3 Å². The summed E-state index contributed by atoms with van der Waals surface area (Å²) in [6, 6.07) is 0. The van der Waals surface area contributed by atoms with Gasteiger partial charge in [-0.15, -0.1) is 0 Å². The highest BCUT2D eigenvalue weighted by atomic mass is 32.2. The molecular formula is C13H26N2OS. The molecule has 1 aliphatic rings. The van der Waals surface area contributed by atoms with E-state index in [0.29, 0.717) is 17.1 Å². The molecule has 100 valence electrons. The molecule has 1 saturated carbocycles. The predicted octanol–water partition coefficient (Wildman–Crippen LogP) is 2.15. The number of hydrogen-bond acceptors (Lipinski definition) is 3. The van der Waals surface area contributed by atoms with E-state index in [9.17, 15) is 4.79 Å². The highest BCUT2D eigenvalue weighted by Gasteiger charge is 2.41. The van der Waals surface area contributed by atoms with Crippen molar-refractivity contribution in [2.45, 2.75) is 50.2 Å². The highest BCUT2D eigenvalue weighted by Crippen LogP contribution is 2.46. The molecule has 1 aliphatic carbocycles. The van der Waals surface area contributed by atoms with Gasteiger partial charge in [0.05, 0.1) is 0 Å². The third-order valence-electron chi connectivity index (χ3n) is 3.78. The van der Waals surface area contributed by atoms with E-state index in [1.165, 1.54) is 12.8 Å². The third kappa shape index (κ3) is 5.30. The lowest BCUT2D eigenvalue weighted by Crippen LogP contribution is -2.31. The van der Waals surface area contributed by atoms with E-state index in [-0.39, 0.29) is 5.91 Å². The van der Waals surface area contributed by atoms with Gasteiger partial charge in [-0.2, -0.15) is 11.8 Å². The number of thioether (sulfide) groups is 1. The Hall–Kier alpha value is -0.220. The van der Waals surface area contributed by atoms with Crippen LogP contribution >= 0.6 is 11.8 Å². The van der Waals surface area contributed by atoms with Crippen LogP contribution in [0.1, 0.15) is 45.4 Å². The van der Waals surface area contributed by atoms with Crippen molar-refractivity contribution >= 4 is 17.7 Å². The summed E-state index contributed by atoms with van der Waals surface area (Å²) in [5.41, 5.74) is 5.55. The van der Waals surface area contributed by atoms with Crippen molar-refractivity contribution in [1.29, 1.82) is 0 Å². The topological polar surface area (TPSA) is 55.1 Å². The number of hydrogen-bond donors (Lipinski definition) is 2. The highest BCUT2D eigenvalue weighted by molar-refractivity contribution is 8.00. The van der Waals surface area contributed by atoms with Crippen LogP contribution in [0.4, 0.5) is 0 Å². The van der Waals surface area contributed by atoms with Gasteiger partial charge in [0, 0.05) is 17.7 Å². The van der Waals surface area contributed by atoms with Crippen molar-refractivity contribution in [1.82, 2.24) is 5.32 Å². The normalized spacial score (nSPS) is 18.8. The van der Waals surface area contributed by atoms with Gasteiger partial charge >= 0.3 is 0 Å². The predicted molar refractivity (Wildman–Crippen MR) is 75.2 cm³/mol. The molecule has 0 aromatic carbocycles. The van der Waals surface area contributed by atoms with Gasteiger partial charge in [0.25, 0.3) is 0 Å². The first-order valence-electron chi connectivity index (χ1n) is 6.67. The Balaban J connectivity index is 2.12. The van der Waals surface area contributed by atoms with E-state index >= 15 is 0 Å². The average molecular weight is 258 g/mol. The fourth-order valence-corrected chi connectivity index (χ4v) is 2.79. The fraction of sp³-hybridized carbons (Fsp3) is 0.923. The second kappa shape index (κ2) is 7.27. The Bertz CT molecular complexity index is 242. The van der Waals surface area contributed by atoms with Crippen molar-refractivity contribution in [3.8, 4) is 0 Å². The van der Waals surface area contributed by atoms with E-state index in [4.69, 9.17) is 5.73 Å². The Morgan fingerprint density at radius 2 is 2.18 bits per heavy atom. The van der Waals surface area contributed by atoms with Crippen LogP contribution in [0, 0.1) is 5.92 Å². The van der Waals surface area contributed by atoms with E-state index in [1.54, 1.807) is 0 Å². The number of rotatable bonds is 9. The zero-order chi connectivity index (χ0) is 12.7. The van der Waals surface area contributed by atoms with E-state index in [1.807, 2.05) is 11.8 Å². The molecule has 0 spiro atoms. The molecule has 1 rings (SSSR count). The Morgan fingerprint density at radius 3 is 2.65 bits per heavy atom. The van der Waals surface area contributed by atoms with Gasteiger partial charge in [0.2, 0.25) is 5.91 Å². The minimum atomic E-state index is 0.209. The fourth-order valence-electron chi connectivity index (χ4n) is 2.06. The van der Waals surface area contributed by atoms with Crippen LogP contribution in [0.3, 0.4) is 0 Å². The molecule has 1 atom stereocenters. The second-order valence-corrected chi connectivity index (χ2v) is 6.33. The molecule has 1 fully saturated rings. The molecule has 17 heavy (non-hydrogen) atoms. The summed E-state index contributed by atoms with van der Waals surface area (Å²) < 4.78 is 0.372. The van der Waals surface area contributed by atoms with Gasteiger partial charge in [-0.25, -0.2) is 0 Å². The zero-order valence-corrected chi connectivity index (χ0v) is 11.9. The van der Waals surface area contributed by atoms with Crippen LogP contribution in [0.25, 0.3) is 0 Å². The Kier molecular flexibility index (Phi) is 6.34. The van der Waals surface area contributed by atoms with E-state index < -0.39 is 0 Å². The zero-order valence-electron chi connectivity index (χ0n) is 11.1. The molecule has 3 N–H and O–H groups in total. The maximum atomic E-state index is 11.7. The average Bonchev–Trinajstić information content (AvgIpc) is 3.12. The molecule has 1 amide bonds. The van der Waals surface area contributed by atoms with Crippen LogP contribution in [0.2, 0.25) is 0 Å². The van der Waals surface area contributed by atoms with E-state index in [2.05, 4.69) is 18.5 Å². The minimum absolute atomic E-state index is 0.209. The molecule has 0 bridgehead atoms. The summed E-state index contributed by atoms with van der Waals surface area (Å²) in [4.78, 5) is 11.7. The monoisotopic (exact) mass is 258 g/mol. The first kappa shape index (κ1) is 14.8. The summed E-state index contributed by atoms with van der Waals surface area (Å²) in [6.45, 7) is 3.75. The molecule has 0 aliphatic heterocycles. The van der Waals surface area contributed by atoms with Crippen LogP contribution in [-0.4, -0.2) is 30.0 Å². The lowest BCUT2D eigenvalue weighted by molar-refractivity contribution is -0.121. The van der Waals surface area contributed by atoms with Crippen molar-refractivity contribution in [3.63, 3.8) is 0 Å². The summed E-state index contributed by atoms with van der Waals surface area (Å²) in [5.74, 6) is 0.821. The van der Waals surface area contributed by atoms with Crippen molar-refractivity contribution in [2.24, 2.45) is 11.7 Å². The van der Waals surface area contributed by atoms with Crippen molar-refractivity contribution < 1.29 is 4.79 Å². The lowest BCUT2D eigenvalue weighted by Gasteiger charge is -2.15. The smallest absolute Gasteiger partial charge is 0.220 e. The van der Waals surface area contributed by atoms with Crippen molar-refractivity contribution in [2.75, 3.05) is 19.3 Å². The minimum Gasteiger partial charge on any atom is -0.355 e. The van der Waals surface area contributed by atoms with Gasteiger partial charge < -0.3 is 11.1 Å². The molecule has 0 radical (unpaired) electrons. The number of carbonyl (C=O) groups excluding carboxylic acids is 1. The molecule has 0 saturated heterocycles. The number of carbonyl (C=O) groups is 1. The number of nitrogens with two attached hydrogens (primary N) is 1. The standard InChI is InChI=1S/C13H26N2OS/c1-3-11(6-9-14)4-5-12(16)15-10-13(17-2)7-8-13/h11H,3-10,14H2,1-2H3,(H,15,16). The maximum absolute atomic E-state index is 11.7. The van der Waals surface area contributed by atoms with Gasteiger partial charge in [-0.05, 0) is 44.4 Å². The summed E-state index contributed by atoms with van der Waals surface area (Å²) in [5, 5.41) is 3.07. The SMILES string of the molecule is CCC(CCN)CCC(=O)NCC1(SC)CC1. The van der Waals surface area contributed by atoms with Crippen LogP contribution < -0.4 is 11.1 Å². The van der Waals surface area contributed by atoms with Gasteiger partial charge in [0.15, 0.2) is 0 Å². The van der Waals surface area contributed by atoms with Crippen LogP contribution in [-0.2, 0) is 4.79 Å². The quantitative estimate of drug-likeness (QED) is 0.666. The van der Waals surface area contributed by atoms with Gasteiger partial charge in [0.1, 0.15) is 0 Å². The summed E-state index contributed by atoms with van der Waals surface area (Å²) >= 11 is 1.89. The first-order valence-corrected chi connectivity index (χ1v) is 7.90. The second-order valence-electron chi connectivity index (χ2n) is 5.05. The van der Waals surface area contributed by atoms with Crippen LogP contribution in [0.5, 0.6) is 0 Å². The molecule has 3 nitrogen and oxygen atoms in total. The molecule has 0 aromatic heterocycles. The Labute approximate surface area is 109 Å². The van der Waals surface area contributed by atoms with Crippen LogP contribution in [0.15, 0.2) is 0 Å². The molecule has 0 aromatic rings. The molecule has 4 heteroatoms. The molecule has 0 heterocycles. The lowest BCUT2D eigenvalue weighted by atomic mass is 9.96. The maximum Gasteiger partial charge on any atom is 0.220 e. The molecule has 1 unspecified atom stereocenters. The van der Waals surface area contributed by atoms with Crippen molar-refractivity contribution in [3.05, 3.63) is 0 Å². The first-order chi connectivity index (χ1) is 8.15. The van der Waals surface area contributed by atoms with E-state index in [0.717, 1.165) is 32.4 Å². The summed E-state index contributed by atoms with van der Waals surface area (Å²) in [6.07, 6.45) is 8.43. The Morgan fingerprint density at radius 1 is 1.47 bits per heavy atom. The number of nitrogens with one attached hydrogen (secondary N) is 1. The summed E-state index contributed by atoms with van der Waals surface area (Å²) in [7, 11) is 0. The number of amides is 1. The largest absolute Gasteiger partial charge is 0.355 e. The van der Waals surface area contributed by atoms with Gasteiger partial charge in [-0.3, -0.25) is 4.79 Å².